The number of hydrogen-bond acceptors (Lipinski definition) is 4. The number of para-hydroxylation sites is 1. The van der Waals surface area contributed by atoms with Gasteiger partial charge in [0.05, 0.1) is 11.3 Å². The Morgan fingerprint density at radius 2 is 2.06 bits per heavy atom. The van der Waals surface area contributed by atoms with Crippen LogP contribution in [-0.2, 0) is 0 Å². The van der Waals surface area contributed by atoms with Crippen molar-refractivity contribution in [1.29, 1.82) is 5.26 Å². The van der Waals surface area contributed by atoms with Gasteiger partial charge in [-0.25, -0.2) is 4.98 Å². The predicted molar refractivity (Wildman–Crippen MR) is 72.5 cm³/mol. The lowest BCUT2D eigenvalue weighted by Crippen LogP contribution is -2.18. The second kappa shape index (κ2) is 5.19. The van der Waals surface area contributed by atoms with Crippen molar-refractivity contribution >= 4 is 17.2 Å². The molecule has 0 amide bonds. The van der Waals surface area contributed by atoms with Gasteiger partial charge < -0.3 is 10.6 Å². The summed E-state index contributed by atoms with van der Waals surface area (Å²) >= 11 is 0. The van der Waals surface area contributed by atoms with Crippen LogP contribution in [0.15, 0.2) is 42.6 Å². The first-order valence-electron chi connectivity index (χ1n) is 5.74. The Balaban J connectivity index is 2.43. The molecule has 4 heteroatoms. The van der Waals surface area contributed by atoms with Crippen LogP contribution in [0.4, 0.5) is 17.2 Å². The van der Waals surface area contributed by atoms with Gasteiger partial charge in [0.15, 0.2) is 5.82 Å². The van der Waals surface area contributed by atoms with Crippen LogP contribution in [0.1, 0.15) is 12.5 Å². The number of anilines is 3. The number of rotatable bonds is 3. The zero-order valence-electron chi connectivity index (χ0n) is 10.2. The van der Waals surface area contributed by atoms with E-state index in [1.807, 2.05) is 48.2 Å². The molecule has 2 rings (SSSR count). The SMILES string of the molecule is CCN(c1ccccc1)c1ncc(C#N)cc1N. The average Bonchev–Trinajstić information content (AvgIpc) is 2.42. The number of hydrogen-bond donors (Lipinski definition) is 1. The molecule has 0 atom stereocenters. The van der Waals surface area contributed by atoms with Gasteiger partial charge in [-0.05, 0) is 25.1 Å². The van der Waals surface area contributed by atoms with Crippen LogP contribution in [0, 0.1) is 11.3 Å². The average molecular weight is 238 g/mol. The summed E-state index contributed by atoms with van der Waals surface area (Å²) in [5.41, 5.74) is 7.97. The topological polar surface area (TPSA) is 65.9 Å². The van der Waals surface area contributed by atoms with Gasteiger partial charge in [-0.3, -0.25) is 0 Å². The molecular weight excluding hydrogens is 224 g/mol. The molecule has 0 aliphatic rings. The van der Waals surface area contributed by atoms with E-state index in [-0.39, 0.29) is 0 Å². The summed E-state index contributed by atoms with van der Waals surface area (Å²) in [6, 6.07) is 13.6. The first-order valence-corrected chi connectivity index (χ1v) is 5.74. The Hall–Kier alpha value is -2.54. The standard InChI is InChI=1S/C14H14N4/c1-2-18(12-6-4-3-5-7-12)14-13(16)8-11(9-15)10-17-14/h3-8,10H,2,16H2,1H3. The summed E-state index contributed by atoms with van der Waals surface area (Å²) in [6.45, 7) is 2.79. The third-order valence-corrected chi connectivity index (χ3v) is 2.66. The highest BCUT2D eigenvalue weighted by Gasteiger charge is 2.12. The highest BCUT2D eigenvalue weighted by molar-refractivity contribution is 5.71. The lowest BCUT2D eigenvalue weighted by atomic mass is 10.2. The van der Waals surface area contributed by atoms with Gasteiger partial charge in [0.25, 0.3) is 0 Å². The quantitative estimate of drug-likeness (QED) is 0.892. The number of benzene rings is 1. The van der Waals surface area contributed by atoms with Crippen molar-refractivity contribution in [3.63, 3.8) is 0 Å². The van der Waals surface area contributed by atoms with Crippen molar-refractivity contribution in [2.24, 2.45) is 0 Å². The molecule has 0 bridgehead atoms. The summed E-state index contributed by atoms with van der Waals surface area (Å²) in [4.78, 5) is 6.29. The lowest BCUT2D eigenvalue weighted by Gasteiger charge is -2.23. The van der Waals surface area contributed by atoms with Crippen LogP contribution in [0.3, 0.4) is 0 Å². The molecule has 0 aliphatic carbocycles. The molecule has 0 saturated heterocycles. The zero-order chi connectivity index (χ0) is 13.0. The van der Waals surface area contributed by atoms with E-state index in [9.17, 15) is 0 Å². The summed E-state index contributed by atoms with van der Waals surface area (Å²) < 4.78 is 0. The largest absolute Gasteiger partial charge is 0.396 e. The molecular formula is C14H14N4. The number of nitrogen functional groups attached to an aromatic ring is 1. The number of pyridine rings is 1. The summed E-state index contributed by atoms with van der Waals surface area (Å²) in [5.74, 6) is 0.683. The molecule has 18 heavy (non-hydrogen) atoms. The molecule has 2 N–H and O–H groups in total. The van der Waals surface area contributed by atoms with Gasteiger partial charge in [-0.15, -0.1) is 0 Å². The van der Waals surface area contributed by atoms with Crippen molar-refractivity contribution in [1.82, 2.24) is 4.98 Å². The fourth-order valence-electron chi connectivity index (χ4n) is 1.82. The summed E-state index contributed by atoms with van der Waals surface area (Å²) in [5, 5.41) is 8.81. The maximum Gasteiger partial charge on any atom is 0.156 e. The van der Waals surface area contributed by atoms with Crippen LogP contribution in [0.25, 0.3) is 0 Å². The maximum absolute atomic E-state index is 8.81. The van der Waals surface area contributed by atoms with Gasteiger partial charge in [-0.2, -0.15) is 5.26 Å². The van der Waals surface area contributed by atoms with Crippen molar-refractivity contribution in [3.05, 3.63) is 48.2 Å². The molecule has 1 heterocycles. The zero-order valence-corrected chi connectivity index (χ0v) is 10.2. The van der Waals surface area contributed by atoms with E-state index in [1.165, 1.54) is 6.20 Å². The molecule has 2 aromatic rings. The van der Waals surface area contributed by atoms with Gasteiger partial charge in [-0.1, -0.05) is 18.2 Å². The fraction of sp³-hybridized carbons (Fsp3) is 0.143. The van der Waals surface area contributed by atoms with E-state index < -0.39 is 0 Å². The maximum atomic E-state index is 8.81. The van der Waals surface area contributed by atoms with Crippen molar-refractivity contribution < 1.29 is 0 Å². The van der Waals surface area contributed by atoms with Crippen LogP contribution >= 0.6 is 0 Å². The van der Waals surface area contributed by atoms with Crippen molar-refractivity contribution in [2.75, 3.05) is 17.2 Å². The molecule has 0 unspecified atom stereocenters. The summed E-state index contributed by atoms with van der Waals surface area (Å²) in [6.07, 6.45) is 1.54. The van der Waals surface area contributed by atoms with Crippen LogP contribution in [-0.4, -0.2) is 11.5 Å². The van der Waals surface area contributed by atoms with E-state index in [0.717, 1.165) is 12.2 Å². The second-order valence-corrected chi connectivity index (χ2v) is 3.83. The van der Waals surface area contributed by atoms with Gasteiger partial charge >= 0.3 is 0 Å². The van der Waals surface area contributed by atoms with Crippen LogP contribution in [0.5, 0.6) is 0 Å². The minimum Gasteiger partial charge on any atom is -0.396 e. The minimum absolute atomic E-state index is 0.473. The monoisotopic (exact) mass is 238 g/mol. The van der Waals surface area contributed by atoms with Crippen LogP contribution in [0.2, 0.25) is 0 Å². The van der Waals surface area contributed by atoms with Crippen LogP contribution < -0.4 is 10.6 Å². The first kappa shape index (κ1) is 11.9. The molecule has 90 valence electrons. The van der Waals surface area contributed by atoms with E-state index in [0.29, 0.717) is 17.1 Å². The smallest absolute Gasteiger partial charge is 0.156 e. The normalized spacial score (nSPS) is 9.78. The van der Waals surface area contributed by atoms with Crippen molar-refractivity contribution in [3.8, 4) is 6.07 Å². The van der Waals surface area contributed by atoms with Gasteiger partial charge in [0.1, 0.15) is 6.07 Å². The van der Waals surface area contributed by atoms with E-state index >= 15 is 0 Å². The third-order valence-electron chi connectivity index (χ3n) is 2.66. The minimum atomic E-state index is 0.473. The van der Waals surface area contributed by atoms with E-state index in [2.05, 4.69) is 4.98 Å². The Morgan fingerprint density at radius 3 is 2.61 bits per heavy atom. The number of nitrogens with two attached hydrogens (primary N) is 1. The first-order chi connectivity index (χ1) is 8.76. The molecule has 0 spiro atoms. The Bertz CT molecular complexity index is 572. The fourth-order valence-corrected chi connectivity index (χ4v) is 1.82. The second-order valence-electron chi connectivity index (χ2n) is 3.83. The molecule has 4 nitrogen and oxygen atoms in total. The third kappa shape index (κ3) is 2.25. The molecule has 0 fully saturated rings. The Labute approximate surface area is 106 Å². The molecule has 0 saturated carbocycles. The molecule has 0 radical (unpaired) electrons. The highest BCUT2D eigenvalue weighted by Crippen LogP contribution is 2.28. The van der Waals surface area contributed by atoms with Gasteiger partial charge in [0.2, 0.25) is 0 Å². The number of aromatic nitrogens is 1. The van der Waals surface area contributed by atoms with E-state index in [4.69, 9.17) is 11.0 Å². The number of nitrogens with zero attached hydrogens (tertiary/aromatic N) is 3. The highest BCUT2D eigenvalue weighted by atomic mass is 15.2. The van der Waals surface area contributed by atoms with E-state index in [1.54, 1.807) is 6.07 Å². The summed E-state index contributed by atoms with van der Waals surface area (Å²) in [7, 11) is 0. The molecule has 1 aromatic heterocycles. The Morgan fingerprint density at radius 1 is 1.33 bits per heavy atom. The Kier molecular flexibility index (Phi) is 3.44. The molecule has 0 aliphatic heterocycles. The number of nitriles is 1. The van der Waals surface area contributed by atoms with Gasteiger partial charge in [0, 0.05) is 18.4 Å². The lowest BCUT2D eigenvalue weighted by molar-refractivity contribution is 0.991. The van der Waals surface area contributed by atoms with Crippen molar-refractivity contribution in [2.45, 2.75) is 6.92 Å². The molecule has 1 aromatic carbocycles. The predicted octanol–water partition coefficient (Wildman–Crippen LogP) is 2.69.